The van der Waals surface area contributed by atoms with Crippen LogP contribution in [0.5, 0.6) is 0 Å². The van der Waals surface area contributed by atoms with Crippen LogP contribution in [0.25, 0.3) is 21.0 Å². The predicted octanol–water partition coefficient (Wildman–Crippen LogP) is 3.92. The number of likely N-dealkylation sites (tertiary alicyclic amines) is 1. The Morgan fingerprint density at radius 3 is 2.79 bits per heavy atom. The maximum absolute atomic E-state index is 6.03. The predicted molar refractivity (Wildman–Crippen MR) is 117 cm³/mol. The minimum absolute atomic E-state index is 0.773. The van der Waals surface area contributed by atoms with Gasteiger partial charge >= 0.3 is 0 Å². The van der Waals surface area contributed by atoms with Crippen molar-refractivity contribution in [2.75, 3.05) is 46.8 Å². The fraction of sp³-hybridized carbons (Fsp3) is 0.500. The number of hydrogen-bond donors (Lipinski definition) is 1. The molecular weight excluding hydrogens is 368 g/mol. The first-order chi connectivity index (χ1) is 13.7. The Morgan fingerprint density at radius 1 is 1.18 bits per heavy atom. The van der Waals surface area contributed by atoms with Gasteiger partial charge in [0, 0.05) is 13.1 Å². The van der Waals surface area contributed by atoms with E-state index in [1.54, 1.807) is 11.3 Å². The Hall–Kier alpha value is -1.73. The Labute approximate surface area is 171 Å². The smallest absolute Gasteiger partial charge is 0.163 e. The molecule has 0 amide bonds. The summed E-state index contributed by atoms with van der Waals surface area (Å²) < 4.78 is 7.23. The zero-order valence-corrected chi connectivity index (χ0v) is 17.7. The second kappa shape index (κ2) is 9.18. The average Bonchev–Trinajstić information content (AvgIpc) is 3.34. The molecular formula is C22H30N4OS. The van der Waals surface area contributed by atoms with Crippen molar-refractivity contribution >= 4 is 21.6 Å². The van der Waals surface area contributed by atoms with Crippen molar-refractivity contribution in [2.45, 2.75) is 19.4 Å². The van der Waals surface area contributed by atoms with Gasteiger partial charge in [0.1, 0.15) is 5.76 Å². The minimum atomic E-state index is 0.773. The molecule has 1 aromatic carbocycles. The van der Waals surface area contributed by atoms with Gasteiger partial charge in [-0.2, -0.15) is 0 Å². The van der Waals surface area contributed by atoms with Gasteiger partial charge in [-0.25, -0.2) is 4.98 Å². The van der Waals surface area contributed by atoms with E-state index in [-0.39, 0.29) is 0 Å². The number of hydrogen-bond acceptors (Lipinski definition) is 6. The van der Waals surface area contributed by atoms with Crippen LogP contribution in [0.1, 0.15) is 18.6 Å². The van der Waals surface area contributed by atoms with Crippen molar-refractivity contribution in [1.82, 2.24) is 20.1 Å². The van der Waals surface area contributed by atoms with E-state index < -0.39 is 0 Å². The van der Waals surface area contributed by atoms with Crippen LogP contribution in [0.2, 0.25) is 0 Å². The van der Waals surface area contributed by atoms with Crippen molar-refractivity contribution < 1.29 is 4.42 Å². The first-order valence-corrected chi connectivity index (χ1v) is 11.0. The second-order valence-electron chi connectivity index (χ2n) is 7.97. The molecule has 4 rings (SSSR count). The van der Waals surface area contributed by atoms with Crippen molar-refractivity contribution in [1.29, 1.82) is 0 Å². The molecule has 1 fully saturated rings. The highest BCUT2D eigenvalue weighted by Crippen LogP contribution is 2.31. The van der Waals surface area contributed by atoms with E-state index in [0.717, 1.165) is 47.6 Å². The van der Waals surface area contributed by atoms with Gasteiger partial charge in [0.25, 0.3) is 0 Å². The van der Waals surface area contributed by atoms with Gasteiger partial charge in [-0.3, -0.25) is 0 Å². The number of aromatic nitrogens is 1. The molecule has 0 radical (unpaired) electrons. The van der Waals surface area contributed by atoms with Crippen molar-refractivity contribution in [3.05, 3.63) is 42.2 Å². The number of nitrogens with zero attached hydrogens (tertiary/aromatic N) is 3. The average molecular weight is 399 g/mol. The monoisotopic (exact) mass is 398 g/mol. The van der Waals surface area contributed by atoms with E-state index in [9.17, 15) is 0 Å². The first-order valence-electron chi connectivity index (χ1n) is 10.2. The number of rotatable bonds is 8. The lowest BCUT2D eigenvalue weighted by Gasteiger charge is -2.32. The van der Waals surface area contributed by atoms with Crippen molar-refractivity contribution in [2.24, 2.45) is 5.92 Å². The number of thiazole rings is 1. The van der Waals surface area contributed by atoms with Gasteiger partial charge in [-0.15, -0.1) is 11.3 Å². The molecule has 1 saturated heterocycles. The standard InChI is InChI=1S/C22H30N4OS/c1-25(2)13-14-26-11-9-17(10-12-26)15-23-16-18-7-8-20(27-18)22-24-19-5-3-4-6-21(19)28-22/h3-8,17,23H,9-16H2,1-2H3. The summed E-state index contributed by atoms with van der Waals surface area (Å²) in [6.45, 7) is 6.64. The Balaban J connectivity index is 1.22. The van der Waals surface area contributed by atoms with Crippen LogP contribution < -0.4 is 5.32 Å². The van der Waals surface area contributed by atoms with Gasteiger partial charge in [0.05, 0.1) is 16.8 Å². The lowest BCUT2D eigenvalue weighted by atomic mass is 9.97. The molecule has 3 heterocycles. The van der Waals surface area contributed by atoms with Gasteiger partial charge < -0.3 is 19.5 Å². The lowest BCUT2D eigenvalue weighted by molar-refractivity contribution is 0.168. The van der Waals surface area contributed by atoms with Crippen LogP contribution in [0.4, 0.5) is 0 Å². The van der Waals surface area contributed by atoms with Gasteiger partial charge in [0.15, 0.2) is 10.8 Å². The zero-order chi connectivity index (χ0) is 19.3. The zero-order valence-electron chi connectivity index (χ0n) is 16.9. The van der Waals surface area contributed by atoms with E-state index in [2.05, 4.69) is 52.4 Å². The fourth-order valence-electron chi connectivity index (χ4n) is 3.72. The summed E-state index contributed by atoms with van der Waals surface area (Å²) in [6.07, 6.45) is 2.57. The summed E-state index contributed by atoms with van der Waals surface area (Å²) in [5.41, 5.74) is 1.04. The largest absolute Gasteiger partial charge is 0.457 e. The van der Waals surface area contributed by atoms with E-state index in [1.165, 1.54) is 37.2 Å². The number of furan rings is 1. The topological polar surface area (TPSA) is 44.5 Å². The van der Waals surface area contributed by atoms with Gasteiger partial charge in [-0.05, 0) is 76.8 Å². The molecule has 5 nitrogen and oxygen atoms in total. The molecule has 0 atom stereocenters. The summed E-state index contributed by atoms with van der Waals surface area (Å²) in [5, 5.41) is 4.55. The Kier molecular flexibility index (Phi) is 6.42. The first kappa shape index (κ1) is 19.6. The van der Waals surface area contributed by atoms with Gasteiger partial charge in [-0.1, -0.05) is 12.1 Å². The molecule has 3 aromatic rings. The third kappa shape index (κ3) is 5.00. The number of benzene rings is 1. The maximum atomic E-state index is 6.03. The second-order valence-corrected chi connectivity index (χ2v) is 9.00. The van der Waals surface area contributed by atoms with Crippen LogP contribution in [0, 0.1) is 5.92 Å². The van der Waals surface area contributed by atoms with E-state index in [4.69, 9.17) is 4.42 Å². The van der Waals surface area contributed by atoms with E-state index >= 15 is 0 Å². The SMILES string of the molecule is CN(C)CCN1CCC(CNCc2ccc(-c3nc4ccccc4s3)o2)CC1. The minimum Gasteiger partial charge on any atom is -0.457 e. The fourth-order valence-corrected chi connectivity index (χ4v) is 4.65. The van der Waals surface area contributed by atoms with Crippen LogP contribution in [0.15, 0.2) is 40.8 Å². The summed E-state index contributed by atoms with van der Waals surface area (Å²) in [4.78, 5) is 9.53. The summed E-state index contributed by atoms with van der Waals surface area (Å²) >= 11 is 1.68. The number of para-hydroxylation sites is 1. The van der Waals surface area contributed by atoms with Crippen LogP contribution in [-0.4, -0.2) is 61.6 Å². The number of nitrogens with one attached hydrogen (secondary N) is 1. The highest BCUT2D eigenvalue weighted by atomic mass is 32.1. The third-order valence-corrected chi connectivity index (χ3v) is 6.52. The maximum Gasteiger partial charge on any atom is 0.163 e. The molecule has 0 unspecified atom stereocenters. The molecule has 1 N–H and O–H groups in total. The summed E-state index contributed by atoms with van der Waals surface area (Å²) in [5.74, 6) is 2.62. The molecule has 2 aromatic heterocycles. The normalized spacial score (nSPS) is 16.4. The molecule has 0 spiro atoms. The lowest BCUT2D eigenvalue weighted by Crippen LogP contribution is -2.40. The van der Waals surface area contributed by atoms with Crippen molar-refractivity contribution in [3.63, 3.8) is 0 Å². The number of piperidine rings is 1. The highest BCUT2D eigenvalue weighted by molar-refractivity contribution is 7.21. The van der Waals surface area contributed by atoms with Crippen LogP contribution in [-0.2, 0) is 6.54 Å². The Bertz CT molecular complexity index is 846. The molecule has 0 saturated carbocycles. The van der Waals surface area contributed by atoms with Gasteiger partial charge in [0.2, 0.25) is 0 Å². The molecule has 6 heteroatoms. The number of likely N-dealkylation sites (N-methyl/N-ethyl adjacent to an activating group) is 1. The highest BCUT2D eigenvalue weighted by Gasteiger charge is 2.19. The van der Waals surface area contributed by atoms with Crippen LogP contribution >= 0.6 is 11.3 Å². The third-order valence-electron chi connectivity index (χ3n) is 5.47. The van der Waals surface area contributed by atoms with Crippen molar-refractivity contribution in [3.8, 4) is 10.8 Å². The Morgan fingerprint density at radius 2 is 2.00 bits per heavy atom. The van der Waals surface area contributed by atoms with E-state index in [0.29, 0.717) is 0 Å². The molecule has 0 bridgehead atoms. The summed E-state index contributed by atoms with van der Waals surface area (Å²) in [6, 6.07) is 12.3. The molecule has 0 aliphatic carbocycles. The molecule has 28 heavy (non-hydrogen) atoms. The van der Waals surface area contributed by atoms with E-state index in [1.807, 2.05) is 18.2 Å². The van der Waals surface area contributed by atoms with Crippen LogP contribution in [0.3, 0.4) is 0 Å². The molecule has 150 valence electrons. The quantitative estimate of drug-likeness (QED) is 0.623. The molecule has 1 aliphatic rings. The molecule has 1 aliphatic heterocycles. The number of fused-ring (bicyclic) bond motifs is 1. The summed E-state index contributed by atoms with van der Waals surface area (Å²) in [7, 11) is 4.29.